The first kappa shape index (κ1) is 14.1. The molecule has 0 aromatic carbocycles. The molecule has 0 amide bonds. The van der Waals surface area contributed by atoms with E-state index in [0.717, 1.165) is 0 Å². The maximum Gasteiger partial charge on any atom is 0.308 e. The quantitative estimate of drug-likeness (QED) is 0.763. The summed E-state index contributed by atoms with van der Waals surface area (Å²) in [6.07, 6.45) is 4.31. The third kappa shape index (κ3) is 2.82. The molecule has 1 aliphatic heterocycles. The molecular formula is C12H18N2O4S. The van der Waals surface area contributed by atoms with Crippen molar-refractivity contribution >= 4 is 16.0 Å². The molecule has 1 aromatic rings. The van der Waals surface area contributed by atoms with E-state index in [9.17, 15) is 13.2 Å². The van der Waals surface area contributed by atoms with Crippen LogP contribution in [0.15, 0.2) is 23.4 Å². The predicted molar refractivity (Wildman–Crippen MR) is 68.9 cm³/mol. The molecule has 1 saturated heterocycles. The summed E-state index contributed by atoms with van der Waals surface area (Å²) in [5, 5.41) is 0. The highest BCUT2D eigenvalue weighted by atomic mass is 32.2. The lowest BCUT2D eigenvalue weighted by Gasteiger charge is -2.29. The van der Waals surface area contributed by atoms with Gasteiger partial charge in [0.1, 0.15) is 0 Å². The van der Waals surface area contributed by atoms with E-state index in [1.54, 1.807) is 30.1 Å². The minimum atomic E-state index is -3.44. The minimum Gasteiger partial charge on any atom is -0.469 e. The number of ether oxygens (including phenoxy) is 1. The lowest BCUT2D eigenvalue weighted by atomic mass is 9.99. The van der Waals surface area contributed by atoms with Crippen LogP contribution in [0.25, 0.3) is 0 Å². The Morgan fingerprint density at radius 1 is 1.37 bits per heavy atom. The van der Waals surface area contributed by atoms with E-state index in [1.807, 2.05) is 0 Å². The van der Waals surface area contributed by atoms with Crippen LogP contribution < -0.4 is 0 Å². The van der Waals surface area contributed by atoms with Gasteiger partial charge in [-0.05, 0) is 18.9 Å². The van der Waals surface area contributed by atoms with E-state index in [0.29, 0.717) is 30.8 Å². The third-order valence-corrected chi connectivity index (χ3v) is 5.31. The minimum absolute atomic E-state index is 0.188. The first-order chi connectivity index (χ1) is 8.95. The topological polar surface area (TPSA) is 68.6 Å². The lowest BCUT2D eigenvalue weighted by molar-refractivity contribution is -0.146. The molecule has 1 fully saturated rings. The Kier molecular flexibility index (Phi) is 3.96. The normalized spacial score (nSPS) is 18.4. The van der Waals surface area contributed by atoms with Gasteiger partial charge in [-0.1, -0.05) is 0 Å². The van der Waals surface area contributed by atoms with Crippen molar-refractivity contribution in [3.8, 4) is 0 Å². The number of carbonyl (C=O) groups excluding carboxylic acids is 1. The average molecular weight is 286 g/mol. The van der Waals surface area contributed by atoms with Gasteiger partial charge < -0.3 is 9.30 Å². The molecule has 1 aliphatic rings. The van der Waals surface area contributed by atoms with Gasteiger partial charge >= 0.3 is 5.97 Å². The zero-order valence-corrected chi connectivity index (χ0v) is 11.9. The number of nitrogens with zero attached hydrogens (tertiary/aromatic N) is 2. The second-order valence-electron chi connectivity index (χ2n) is 4.71. The fraction of sp³-hybridized carbons (Fsp3) is 0.583. The molecule has 0 bridgehead atoms. The molecule has 0 saturated carbocycles. The summed E-state index contributed by atoms with van der Waals surface area (Å²) in [4.78, 5) is 11.7. The second kappa shape index (κ2) is 5.34. The Labute approximate surface area is 113 Å². The van der Waals surface area contributed by atoms with E-state index < -0.39 is 10.0 Å². The van der Waals surface area contributed by atoms with E-state index in [1.165, 1.54) is 11.4 Å². The van der Waals surface area contributed by atoms with Gasteiger partial charge in [-0.25, -0.2) is 8.42 Å². The number of piperidine rings is 1. The molecule has 7 heteroatoms. The van der Waals surface area contributed by atoms with Crippen LogP contribution >= 0.6 is 0 Å². The average Bonchev–Trinajstić information content (AvgIpc) is 2.85. The third-order valence-electron chi connectivity index (χ3n) is 3.43. The van der Waals surface area contributed by atoms with Crippen LogP contribution in [-0.4, -0.2) is 43.5 Å². The summed E-state index contributed by atoms with van der Waals surface area (Å²) in [7, 11) is -0.300. The zero-order chi connectivity index (χ0) is 14.0. The number of aromatic nitrogens is 1. The van der Waals surface area contributed by atoms with Gasteiger partial charge in [0.25, 0.3) is 0 Å². The Morgan fingerprint density at radius 2 is 2.00 bits per heavy atom. The van der Waals surface area contributed by atoms with Crippen molar-refractivity contribution < 1.29 is 17.9 Å². The first-order valence-electron chi connectivity index (χ1n) is 6.15. The Bertz CT molecular complexity index is 556. The molecule has 0 N–H and O–H groups in total. The van der Waals surface area contributed by atoms with Crippen LogP contribution in [0.3, 0.4) is 0 Å². The largest absolute Gasteiger partial charge is 0.469 e. The highest BCUT2D eigenvalue weighted by molar-refractivity contribution is 7.89. The van der Waals surface area contributed by atoms with E-state index in [4.69, 9.17) is 0 Å². The number of hydrogen-bond donors (Lipinski definition) is 0. The summed E-state index contributed by atoms with van der Waals surface area (Å²) < 4.78 is 32.5. The lowest BCUT2D eigenvalue weighted by Crippen LogP contribution is -2.40. The Balaban J connectivity index is 2.07. The molecule has 2 rings (SSSR count). The van der Waals surface area contributed by atoms with Gasteiger partial charge in [-0.3, -0.25) is 4.79 Å². The highest BCUT2D eigenvalue weighted by Gasteiger charge is 2.32. The zero-order valence-electron chi connectivity index (χ0n) is 11.1. The monoisotopic (exact) mass is 286 g/mol. The molecule has 0 spiro atoms. The highest BCUT2D eigenvalue weighted by Crippen LogP contribution is 2.24. The molecule has 0 atom stereocenters. The molecular weight excluding hydrogens is 268 g/mol. The Hall–Kier alpha value is -1.34. The van der Waals surface area contributed by atoms with E-state index >= 15 is 0 Å². The van der Waals surface area contributed by atoms with E-state index in [2.05, 4.69) is 4.74 Å². The van der Waals surface area contributed by atoms with E-state index in [-0.39, 0.29) is 11.9 Å². The predicted octanol–water partition coefficient (Wildman–Crippen LogP) is 0.599. The molecule has 0 unspecified atom stereocenters. The number of rotatable bonds is 3. The summed E-state index contributed by atoms with van der Waals surface area (Å²) in [5.74, 6) is -0.441. The molecule has 1 aromatic heterocycles. The van der Waals surface area contributed by atoms with Gasteiger partial charge in [0.15, 0.2) is 0 Å². The first-order valence-corrected chi connectivity index (χ1v) is 7.59. The number of methoxy groups -OCH3 is 1. The van der Waals surface area contributed by atoms with Crippen molar-refractivity contribution in [3.63, 3.8) is 0 Å². The molecule has 19 heavy (non-hydrogen) atoms. The maximum absolute atomic E-state index is 12.3. The van der Waals surface area contributed by atoms with Crippen LogP contribution in [0.4, 0.5) is 0 Å². The van der Waals surface area contributed by atoms with Crippen LogP contribution in [0, 0.1) is 5.92 Å². The fourth-order valence-electron chi connectivity index (χ4n) is 2.28. The smallest absolute Gasteiger partial charge is 0.308 e. The molecule has 0 aliphatic carbocycles. The molecule has 106 valence electrons. The Morgan fingerprint density at radius 3 is 2.47 bits per heavy atom. The number of sulfonamides is 1. The number of aryl methyl sites for hydroxylation is 1. The van der Waals surface area contributed by atoms with Crippen LogP contribution in [-0.2, 0) is 26.6 Å². The number of esters is 1. The van der Waals surface area contributed by atoms with Crippen LogP contribution in [0.5, 0.6) is 0 Å². The van der Waals surface area contributed by atoms with Crippen LogP contribution in [0.2, 0.25) is 0 Å². The van der Waals surface area contributed by atoms with Crippen molar-refractivity contribution in [2.24, 2.45) is 13.0 Å². The summed E-state index contributed by atoms with van der Waals surface area (Å²) >= 11 is 0. The fourth-order valence-corrected chi connectivity index (χ4v) is 3.80. The summed E-state index contributed by atoms with van der Waals surface area (Å²) in [6.45, 7) is 0.716. The molecule has 6 nitrogen and oxygen atoms in total. The van der Waals surface area contributed by atoms with Crippen molar-refractivity contribution in [2.45, 2.75) is 17.7 Å². The molecule has 2 heterocycles. The van der Waals surface area contributed by atoms with Gasteiger partial charge in [0, 0.05) is 32.5 Å². The van der Waals surface area contributed by atoms with Crippen molar-refractivity contribution in [3.05, 3.63) is 18.5 Å². The van der Waals surface area contributed by atoms with Gasteiger partial charge in [-0.15, -0.1) is 0 Å². The van der Waals surface area contributed by atoms with Crippen LogP contribution in [0.1, 0.15) is 12.8 Å². The standard InChI is InChI=1S/C12H18N2O4S/c1-13-6-5-11(9-13)19(16,17)14-7-3-10(4-8-14)12(15)18-2/h5-6,9-10H,3-4,7-8H2,1-2H3. The van der Waals surface area contributed by atoms with Gasteiger partial charge in [-0.2, -0.15) is 4.31 Å². The maximum atomic E-state index is 12.3. The summed E-state index contributed by atoms with van der Waals surface area (Å²) in [5.41, 5.74) is 0. The van der Waals surface area contributed by atoms with Crippen molar-refractivity contribution in [2.75, 3.05) is 20.2 Å². The van der Waals surface area contributed by atoms with Crippen molar-refractivity contribution in [1.82, 2.24) is 8.87 Å². The van der Waals surface area contributed by atoms with Crippen molar-refractivity contribution in [1.29, 1.82) is 0 Å². The summed E-state index contributed by atoms with van der Waals surface area (Å²) in [6, 6.07) is 1.59. The van der Waals surface area contributed by atoms with Gasteiger partial charge in [0.2, 0.25) is 10.0 Å². The number of hydrogen-bond acceptors (Lipinski definition) is 4. The SMILES string of the molecule is COC(=O)C1CCN(S(=O)(=O)c2ccn(C)c2)CC1. The number of carbonyl (C=O) groups is 1. The van der Waals surface area contributed by atoms with Gasteiger partial charge in [0.05, 0.1) is 17.9 Å². The second-order valence-corrected chi connectivity index (χ2v) is 6.65. The molecule has 0 radical (unpaired) electrons.